The number of hydrogen-bond donors (Lipinski definition) is 1. The van der Waals surface area contributed by atoms with Gasteiger partial charge < -0.3 is 19.5 Å². The van der Waals surface area contributed by atoms with Crippen LogP contribution in [-0.2, 0) is 6.54 Å². The van der Waals surface area contributed by atoms with Crippen molar-refractivity contribution in [2.75, 3.05) is 26.5 Å². The largest absolute Gasteiger partial charge is 0.493 e. The summed E-state index contributed by atoms with van der Waals surface area (Å²) in [4.78, 5) is 0. The van der Waals surface area contributed by atoms with Crippen LogP contribution in [0.5, 0.6) is 17.2 Å². The highest BCUT2D eigenvalue weighted by Crippen LogP contribution is 2.35. The summed E-state index contributed by atoms with van der Waals surface area (Å²) < 4.78 is 18.2. The Labute approximate surface area is 130 Å². The van der Waals surface area contributed by atoms with E-state index in [1.54, 1.807) is 0 Å². The lowest BCUT2D eigenvalue weighted by Crippen LogP contribution is -2.22. The second-order valence-corrected chi connectivity index (χ2v) is 5.25. The van der Waals surface area contributed by atoms with Gasteiger partial charge in [-0.1, -0.05) is 0 Å². The Morgan fingerprint density at radius 1 is 1.27 bits per heavy atom. The number of hydrogen-bond acceptors (Lipinski definition) is 5. The molecule has 0 spiro atoms. The van der Waals surface area contributed by atoms with E-state index in [0.717, 1.165) is 43.3 Å². The van der Waals surface area contributed by atoms with Crippen LogP contribution in [0.2, 0.25) is 0 Å². The topological polar surface area (TPSA) is 57.5 Å². The second kappa shape index (κ2) is 7.17. The van der Waals surface area contributed by atoms with E-state index in [1.807, 2.05) is 42.2 Å². The molecule has 0 aliphatic carbocycles. The third kappa shape index (κ3) is 3.92. The molecule has 0 fully saturated rings. The Kier molecular flexibility index (Phi) is 4.80. The quantitative estimate of drug-likeness (QED) is 0.756. The standard InChI is InChI=1S/C16H21N3O3/c1-13-10-18-19(11-13)7-6-17-5-2-8-20-14-3-4-15-16(9-14)22-12-21-15/h3-4,9-11,17H,2,5-8,12H2,1H3. The van der Waals surface area contributed by atoms with E-state index in [1.165, 1.54) is 5.56 Å². The van der Waals surface area contributed by atoms with Crippen LogP contribution >= 0.6 is 0 Å². The zero-order chi connectivity index (χ0) is 15.2. The number of nitrogens with zero attached hydrogens (tertiary/aromatic N) is 2. The summed E-state index contributed by atoms with van der Waals surface area (Å²) in [6.07, 6.45) is 4.87. The first-order valence-electron chi connectivity index (χ1n) is 7.53. The number of benzene rings is 1. The molecule has 1 aliphatic heterocycles. The molecular weight excluding hydrogens is 282 g/mol. The molecule has 0 bridgehead atoms. The molecule has 1 N–H and O–H groups in total. The molecule has 6 heteroatoms. The van der Waals surface area contributed by atoms with Gasteiger partial charge in [-0.15, -0.1) is 0 Å². The van der Waals surface area contributed by atoms with Crippen molar-refractivity contribution < 1.29 is 14.2 Å². The maximum absolute atomic E-state index is 5.71. The predicted molar refractivity (Wildman–Crippen MR) is 82.5 cm³/mol. The summed E-state index contributed by atoms with van der Waals surface area (Å²) in [6.45, 7) is 5.73. The zero-order valence-electron chi connectivity index (χ0n) is 12.7. The van der Waals surface area contributed by atoms with Crippen molar-refractivity contribution in [1.82, 2.24) is 15.1 Å². The van der Waals surface area contributed by atoms with Crippen molar-refractivity contribution in [3.8, 4) is 17.2 Å². The molecule has 0 atom stereocenters. The van der Waals surface area contributed by atoms with Gasteiger partial charge in [-0.3, -0.25) is 4.68 Å². The maximum atomic E-state index is 5.71. The number of fused-ring (bicyclic) bond motifs is 1. The van der Waals surface area contributed by atoms with E-state index in [0.29, 0.717) is 13.4 Å². The van der Waals surface area contributed by atoms with Gasteiger partial charge in [-0.2, -0.15) is 5.10 Å². The Bertz CT molecular complexity index is 612. The second-order valence-electron chi connectivity index (χ2n) is 5.25. The molecule has 0 saturated carbocycles. The molecule has 22 heavy (non-hydrogen) atoms. The molecular formula is C16H21N3O3. The molecule has 3 rings (SSSR count). The monoisotopic (exact) mass is 303 g/mol. The summed E-state index contributed by atoms with van der Waals surface area (Å²) in [5.41, 5.74) is 1.19. The lowest BCUT2D eigenvalue weighted by Gasteiger charge is -2.08. The Morgan fingerprint density at radius 3 is 3.05 bits per heavy atom. The molecule has 0 unspecified atom stereocenters. The number of rotatable bonds is 8. The van der Waals surface area contributed by atoms with Gasteiger partial charge >= 0.3 is 0 Å². The number of nitrogens with one attached hydrogen (secondary N) is 1. The Morgan fingerprint density at radius 2 is 2.18 bits per heavy atom. The maximum Gasteiger partial charge on any atom is 0.231 e. The van der Waals surface area contributed by atoms with E-state index in [4.69, 9.17) is 14.2 Å². The summed E-state index contributed by atoms with van der Waals surface area (Å²) in [5, 5.41) is 7.63. The molecule has 1 aliphatic rings. The zero-order valence-corrected chi connectivity index (χ0v) is 12.7. The Hall–Kier alpha value is -2.21. The van der Waals surface area contributed by atoms with Crippen LogP contribution in [0, 0.1) is 6.92 Å². The smallest absolute Gasteiger partial charge is 0.231 e. The van der Waals surface area contributed by atoms with E-state index < -0.39 is 0 Å². The van der Waals surface area contributed by atoms with E-state index in [9.17, 15) is 0 Å². The highest BCUT2D eigenvalue weighted by Gasteiger charge is 2.13. The van der Waals surface area contributed by atoms with Gasteiger partial charge in [0.15, 0.2) is 11.5 Å². The molecule has 6 nitrogen and oxygen atoms in total. The highest BCUT2D eigenvalue weighted by molar-refractivity contribution is 5.46. The third-order valence-corrected chi connectivity index (χ3v) is 3.39. The van der Waals surface area contributed by atoms with Crippen molar-refractivity contribution in [3.05, 3.63) is 36.2 Å². The fourth-order valence-electron chi connectivity index (χ4n) is 2.26. The Balaban J connectivity index is 1.28. The molecule has 0 amide bonds. The summed E-state index contributed by atoms with van der Waals surface area (Å²) in [7, 11) is 0. The van der Waals surface area contributed by atoms with Crippen LogP contribution in [-0.4, -0.2) is 36.3 Å². The SMILES string of the molecule is Cc1cnn(CCNCCCOc2ccc3c(c2)OCO3)c1. The summed E-state index contributed by atoms with van der Waals surface area (Å²) >= 11 is 0. The van der Waals surface area contributed by atoms with Crippen LogP contribution in [0.15, 0.2) is 30.6 Å². The number of aromatic nitrogens is 2. The van der Waals surface area contributed by atoms with Gasteiger partial charge in [0.2, 0.25) is 6.79 Å². The van der Waals surface area contributed by atoms with Crippen molar-refractivity contribution >= 4 is 0 Å². The fraction of sp³-hybridized carbons (Fsp3) is 0.438. The predicted octanol–water partition coefficient (Wildman–Crippen LogP) is 1.98. The van der Waals surface area contributed by atoms with Crippen LogP contribution < -0.4 is 19.5 Å². The molecule has 2 aromatic rings. The molecule has 1 aromatic carbocycles. The van der Waals surface area contributed by atoms with Crippen LogP contribution in [0.4, 0.5) is 0 Å². The lowest BCUT2D eigenvalue weighted by molar-refractivity contribution is 0.173. The molecule has 0 saturated heterocycles. The van der Waals surface area contributed by atoms with Crippen molar-refractivity contribution in [1.29, 1.82) is 0 Å². The van der Waals surface area contributed by atoms with Gasteiger partial charge in [-0.05, 0) is 37.6 Å². The lowest BCUT2D eigenvalue weighted by atomic mass is 10.3. The summed E-state index contributed by atoms with van der Waals surface area (Å²) in [5.74, 6) is 2.35. The minimum absolute atomic E-state index is 0.290. The molecule has 118 valence electrons. The van der Waals surface area contributed by atoms with Crippen LogP contribution in [0.3, 0.4) is 0 Å². The number of aryl methyl sites for hydroxylation is 1. The van der Waals surface area contributed by atoms with E-state index in [-0.39, 0.29) is 0 Å². The van der Waals surface area contributed by atoms with Crippen LogP contribution in [0.25, 0.3) is 0 Å². The number of ether oxygens (including phenoxy) is 3. The first-order valence-corrected chi connectivity index (χ1v) is 7.53. The van der Waals surface area contributed by atoms with E-state index in [2.05, 4.69) is 10.4 Å². The van der Waals surface area contributed by atoms with Crippen LogP contribution in [0.1, 0.15) is 12.0 Å². The minimum Gasteiger partial charge on any atom is -0.493 e. The van der Waals surface area contributed by atoms with Gasteiger partial charge in [0.05, 0.1) is 19.3 Å². The molecule has 0 radical (unpaired) electrons. The van der Waals surface area contributed by atoms with E-state index >= 15 is 0 Å². The average molecular weight is 303 g/mol. The normalized spacial score (nSPS) is 12.6. The van der Waals surface area contributed by atoms with Crippen molar-refractivity contribution in [2.24, 2.45) is 0 Å². The first kappa shape index (κ1) is 14.7. The van der Waals surface area contributed by atoms with Crippen molar-refractivity contribution in [2.45, 2.75) is 19.9 Å². The molecule has 1 aromatic heterocycles. The van der Waals surface area contributed by atoms with Gasteiger partial charge in [-0.25, -0.2) is 0 Å². The third-order valence-electron chi connectivity index (χ3n) is 3.39. The first-order chi connectivity index (χ1) is 10.8. The summed E-state index contributed by atoms with van der Waals surface area (Å²) in [6, 6.07) is 5.65. The fourth-order valence-corrected chi connectivity index (χ4v) is 2.26. The highest BCUT2D eigenvalue weighted by atomic mass is 16.7. The minimum atomic E-state index is 0.290. The van der Waals surface area contributed by atoms with Gasteiger partial charge in [0, 0.05) is 18.8 Å². The van der Waals surface area contributed by atoms with Gasteiger partial charge in [0.25, 0.3) is 0 Å². The molecule has 2 heterocycles. The van der Waals surface area contributed by atoms with Gasteiger partial charge in [0.1, 0.15) is 5.75 Å². The van der Waals surface area contributed by atoms with Crippen molar-refractivity contribution in [3.63, 3.8) is 0 Å². The average Bonchev–Trinajstić information content (AvgIpc) is 3.14.